The number of aliphatic imine (C=N–C) groups is 1. The van der Waals surface area contributed by atoms with Crippen LogP contribution in [0.3, 0.4) is 0 Å². The van der Waals surface area contributed by atoms with Gasteiger partial charge in [0, 0.05) is 40.5 Å². The highest BCUT2D eigenvalue weighted by molar-refractivity contribution is 6.31. The first kappa shape index (κ1) is 27.1. The van der Waals surface area contributed by atoms with Gasteiger partial charge >= 0.3 is 6.55 Å². The van der Waals surface area contributed by atoms with Crippen LogP contribution in [0.2, 0.25) is 5.02 Å². The normalized spacial score (nSPS) is 20.5. The maximum Gasteiger partial charge on any atom is 0.332 e. The van der Waals surface area contributed by atoms with Crippen molar-refractivity contribution in [3.05, 3.63) is 87.7 Å². The van der Waals surface area contributed by atoms with E-state index in [-0.39, 0.29) is 28.4 Å². The maximum atomic E-state index is 13.5. The van der Waals surface area contributed by atoms with Gasteiger partial charge in [0.2, 0.25) is 5.91 Å². The van der Waals surface area contributed by atoms with E-state index in [9.17, 15) is 18.4 Å². The molecular weight excluding hydrogens is 542 g/mol. The van der Waals surface area contributed by atoms with E-state index in [2.05, 4.69) is 30.2 Å². The summed E-state index contributed by atoms with van der Waals surface area (Å²) in [6.07, 6.45) is 6.93. The van der Waals surface area contributed by atoms with Crippen molar-refractivity contribution in [2.45, 2.75) is 38.8 Å². The number of nitrogens with zero attached hydrogens (tertiary/aromatic N) is 5. The van der Waals surface area contributed by atoms with E-state index in [0.717, 1.165) is 6.20 Å². The average molecular weight is 567 g/mol. The van der Waals surface area contributed by atoms with Crippen LogP contribution >= 0.6 is 11.6 Å². The predicted octanol–water partition coefficient (Wildman–Crippen LogP) is 4.17. The van der Waals surface area contributed by atoms with Gasteiger partial charge in [0.25, 0.3) is 5.56 Å². The average Bonchev–Trinajstić information content (AvgIpc) is 3.40. The van der Waals surface area contributed by atoms with Crippen LogP contribution < -0.4 is 16.6 Å². The number of carbonyl (C=O) groups excluding carboxylic acids is 1. The zero-order valence-corrected chi connectivity index (χ0v) is 22.1. The van der Waals surface area contributed by atoms with Crippen molar-refractivity contribution in [1.29, 1.82) is 0 Å². The summed E-state index contributed by atoms with van der Waals surface area (Å²) in [4.78, 5) is 46.0. The molecule has 4 heterocycles. The van der Waals surface area contributed by atoms with Gasteiger partial charge in [-0.2, -0.15) is 8.78 Å². The number of nitrogens with two attached hydrogens (primary N) is 1. The lowest BCUT2D eigenvalue weighted by atomic mass is 9.96. The van der Waals surface area contributed by atoms with Crippen LogP contribution in [-0.4, -0.2) is 42.7 Å². The van der Waals surface area contributed by atoms with E-state index in [1.807, 2.05) is 0 Å². The Morgan fingerprint density at radius 1 is 1.18 bits per heavy atom. The lowest BCUT2D eigenvalue weighted by molar-refractivity contribution is -0.123. The molecule has 0 radical (unpaired) electrons. The molecule has 0 saturated heterocycles. The van der Waals surface area contributed by atoms with Gasteiger partial charge in [0.15, 0.2) is 0 Å². The molecule has 40 heavy (non-hydrogen) atoms. The van der Waals surface area contributed by atoms with Gasteiger partial charge in [-0.25, -0.2) is 15.0 Å². The third kappa shape index (κ3) is 5.48. The van der Waals surface area contributed by atoms with Gasteiger partial charge in [-0.05, 0) is 37.1 Å². The van der Waals surface area contributed by atoms with Crippen molar-refractivity contribution < 1.29 is 13.6 Å². The van der Waals surface area contributed by atoms with Crippen LogP contribution in [0.5, 0.6) is 0 Å². The first-order valence-electron chi connectivity index (χ1n) is 12.5. The monoisotopic (exact) mass is 566 g/mol. The Kier molecular flexibility index (Phi) is 7.69. The predicted molar refractivity (Wildman–Crippen MR) is 147 cm³/mol. The fourth-order valence-corrected chi connectivity index (χ4v) is 5.01. The number of pyridine rings is 1. The summed E-state index contributed by atoms with van der Waals surface area (Å²) >= 11 is 6.27. The second-order valence-corrected chi connectivity index (χ2v) is 9.85. The van der Waals surface area contributed by atoms with E-state index in [4.69, 9.17) is 17.3 Å². The minimum atomic E-state index is -3.05. The van der Waals surface area contributed by atoms with Crippen molar-refractivity contribution >= 4 is 34.3 Å². The van der Waals surface area contributed by atoms with Gasteiger partial charge in [-0.15, -0.1) is 0 Å². The number of nitrogens with one attached hydrogen (secondary N) is 2. The van der Waals surface area contributed by atoms with Gasteiger partial charge in [0.1, 0.15) is 0 Å². The fraction of sp³-hybridized carbons (Fsp3) is 0.259. The van der Waals surface area contributed by atoms with Crippen LogP contribution in [-0.2, 0) is 4.79 Å². The summed E-state index contributed by atoms with van der Waals surface area (Å²) < 4.78 is 28.3. The molecule has 2 unspecified atom stereocenters. The number of fused-ring (bicyclic) bond motifs is 3. The molecule has 206 valence electrons. The molecule has 1 amide bonds. The second kappa shape index (κ2) is 11.3. The van der Waals surface area contributed by atoms with Crippen LogP contribution in [0.4, 0.5) is 8.78 Å². The quantitative estimate of drug-likeness (QED) is 0.317. The number of H-pyrrole nitrogens is 1. The Bertz CT molecular complexity index is 1700. The van der Waals surface area contributed by atoms with Crippen LogP contribution in [0.1, 0.15) is 43.5 Å². The van der Waals surface area contributed by atoms with E-state index in [1.165, 1.54) is 35.6 Å². The molecule has 0 aliphatic carbocycles. The van der Waals surface area contributed by atoms with Gasteiger partial charge < -0.3 is 16.0 Å². The van der Waals surface area contributed by atoms with Crippen molar-refractivity contribution in [2.75, 3.05) is 0 Å². The Hall–Kier alpha value is -4.45. The molecule has 2 atom stereocenters. The van der Waals surface area contributed by atoms with Crippen LogP contribution in [0.15, 0.2) is 70.9 Å². The molecule has 1 aromatic carbocycles. The van der Waals surface area contributed by atoms with E-state index in [0.29, 0.717) is 52.3 Å². The SMILES string of the molecule is CC1CCCC(n2cnc(-c3cc(Cl)cc4[nH]cnc34)cc2=O)c2cc(ccn2)C(=NC(F)F)C(=CN)NC1=O. The molecule has 0 spiro atoms. The highest BCUT2D eigenvalue weighted by Gasteiger charge is 2.24. The summed E-state index contributed by atoms with van der Waals surface area (Å²) in [5.74, 6) is -0.829. The van der Waals surface area contributed by atoms with Crippen LogP contribution in [0.25, 0.3) is 22.3 Å². The number of halogens is 3. The largest absolute Gasteiger partial charge is 0.403 e. The lowest BCUT2D eigenvalue weighted by Gasteiger charge is -2.23. The maximum absolute atomic E-state index is 13.5. The molecule has 5 rings (SSSR count). The molecule has 3 aromatic heterocycles. The minimum Gasteiger partial charge on any atom is -0.403 e. The highest BCUT2D eigenvalue weighted by atomic mass is 35.5. The fourth-order valence-electron chi connectivity index (χ4n) is 4.79. The standard InChI is InChI=1S/C27H25ClF2N8O2/c1-14-3-2-4-22(19-7-15(5-6-32-19)24(37-27(29)30)21(11-31)36-26(14)40)38-13-35-18(10-23(38)39)17-8-16(28)9-20-25(17)34-12-33-20/h5-14,22,27H,2-4,31H2,1H3,(H,33,34)(H,36,40). The van der Waals surface area contributed by atoms with Crippen LogP contribution in [0, 0.1) is 5.92 Å². The second-order valence-electron chi connectivity index (χ2n) is 9.41. The zero-order chi connectivity index (χ0) is 28.4. The molecule has 0 saturated carbocycles. The number of alkyl halides is 2. The number of aromatic nitrogens is 5. The van der Waals surface area contributed by atoms with Crippen molar-refractivity contribution in [3.8, 4) is 11.3 Å². The highest BCUT2D eigenvalue weighted by Crippen LogP contribution is 2.30. The molecule has 1 aliphatic rings. The number of amides is 1. The van der Waals surface area contributed by atoms with Gasteiger partial charge in [-0.1, -0.05) is 24.9 Å². The molecule has 2 bridgehead atoms. The van der Waals surface area contributed by atoms with E-state index >= 15 is 0 Å². The summed E-state index contributed by atoms with van der Waals surface area (Å²) in [5, 5.41) is 3.08. The summed E-state index contributed by atoms with van der Waals surface area (Å²) in [5.41, 5.74) is 8.16. The first-order chi connectivity index (χ1) is 19.2. The summed E-state index contributed by atoms with van der Waals surface area (Å²) in [6.45, 7) is -1.32. The van der Waals surface area contributed by atoms with Crippen molar-refractivity contribution in [1.82, 2.24) is 29.8 Å². The molecule has 1 aliphatic heterocycles. The number of aromatic amines is 1. The molecular formula is C27H25ClF2N8O2. The third-order valence-corrected chi connectivity index (χ3v) is 7.02. The van der Waals surface area contributed by atoms with E-state index < -0.39 is 18.5 Å². The van der Waals surface area contributed by atoms with Crippen molar-refractivity contribution in [3.63, 3.8) is 0 Å². The summed E-state index contributed by atoms with van der Waals surface area (Å²) in [6, 6.07) is 7.29. The number of allylic oxidation sites excluding steroid dienone is 1. The lowest BCUT2D eigenvalue weighted by Crippen LogP contribution is -2.34. The van der Waals surface area contributed by atoms with Gasteiger partial charge in [-0.3, -0.25) is 19.1 Å². The smallest absolute Gasteiger partial charge is 0.332 e. The third-order valence-electron chi connectivity index (χ3n) is 6.80. The first-order valence-corrected chi connectivity index (χ1v) is 12.9. The molecule has 4 aromatic rings. The molecule has 13 heteroatoms. The Morgan fingerprint density at radius 3 is 2.75 bits per heavy atom. The molecule has 10 nitrogen and oxygen atoms in total. The minimum absolute atomic E-state index is 0.0409. The zero-order valence-electron chi connectivity index (χ0n) is 21.3. The number of carbonyl (C=O) groups is 1. The molecule has 0 fully saturated rings. The number of imidazole rings is 1. The summed E-state index contributed by atoms with van der Waals surface area (Å²) in [7, 11) is 0. The number of rotatable bonds is 3. The van der Waals surface area contributed by atoms with Gasteiger partial charge in [0.05, 0.1) is 52.5 Å². The topological polar surface area (TPSA) is 144 Å². The number of benzene rings is 1. The molecule has 4 N–H and O–H groups in total. The Balaban J connectivity index is 1.61. The van der Waals surface area contributed by atoms with Crippen molar-refractivity contribution in [2.24, 2.45) is 16.6 Å². The Labute approximate surface area is 232 Å². The van der Waals surface area contributed by atoms with E-state index in [1.54, 1.807) is 25.1 Å². The number of hydrogen-bond acceptors (Lipinski definition) is 7. The number of hydrogen-bond donors (Lipinski definition) is 3. The Morgan fingerprint density at radius 2 is 2.00 bits per heavy atom.